The van der Waals surface area contributed by atoms with Gasteiger partial charge in [0, 0.05) is 11.0 Å². The summed E-state index contributed by atoms with van der Waals surface area (Å²) in [6.07, 6.45) is 0.356. The Hall–Kier alpha value is -0.500. The molecule has 1 fully saturated rings. The SMILES string of the molecule is C=C(Cl)C1CC(=O)OC1(C)C. The molecule has 11 heavy (non-hydrogen) atoms. The topological polar surface area (TPSA) is 26.3 Å². The highest BCUT2D eigenvalue weighted by Crippen LogP contribution is 2.37. The van der Waals surface area contributed by atoms with Gasteiger partial charge < -0.3 is 4.74 Å². The zero-order valence-corrected chi connectivity index (χ0v) is 7.44. The zero-order valence-electron chi connectivity index (χ0n) is 6.69. The quantitative estimate of drug-likeness (QED) is 0.569. The predicted molar refractivity (Wildman–Crippen MR) is 43.3 cm³/mol. The maximum absolute atomic E-state index is 10.9. The Labute approximate surface area is 71.2 Å². The van der Waals surface area contributed by atoms with E-state index in [1.54, 1.807) is 0 Å². The Morgan fingerprint density at radius 1 is 1.82 bits per heavy atom. The average molecular weight is 175 g/mol. The molecule has 0 N–H and O–H groups in total. The van der Waals surface area contributed by atoms with Gasteiger partial charge in [-0.05, 0) is 13.8 Å². The van der Waals surface area contributed by atoms with E-state index in [9.17, 15) is 4.79 Å². The van der Waals surface area contributed by atoms with Crippen LogP contribution < -0.4 is 0 Å². The molecule has 0 bridgehead atoms. The van der Waals surface area contributed by atoms with Gasteiger partial charge in [0.15, 0.2) is 0 Å². The van der Waals surface area contributed by atoms with E-state index in [0.717, 1.165) is 0 Å². The molecule has 1 aliphatic rings. The van der Waals surface area contributed by atoms with Crippen LogP contribution in [0.5, 0.6) is 0 Å². The first-order valence-corrected chi connectivity index (χ1v) is 3.87. The summed E-state index contributed by atoms with van der Waals surface area (Å²) in [4.78, 5) is 10.9. The third kappa shape index (κ3) is 1.56. The first kappa shape index (κ1) is 8.60. The second-order valence-corrected chi connectivity index (χ2v) is 3.77. The van der Waals surface area contributed by atoms with Crippen molar-refractivity contribution in [1.82, 2.24) is 0 Å². The minimum atomic E-state index is -0.476. The lowest BCUT2D eigenvalue weighted by Crippen LogP contribution is -2.27. The van der Waals surface area contributed by atoms with Gasteiger partial charge in [-0.3, -0.25) is 4.79 Å². The molecule has 0 amide bonds. The number of hydrogen-bond acceptors (Lipinski definition) is 2. The molecule has 0 aliphatic carbocycles. The smallest absolute Gasteiger partial charge is 0.307 e. The number of rotatable bonds is 1. The van der Waals surface area contributed by atoms with E-state index in [4.69, 9.17) is 16.3 Å². The highest BCUT2D eigenvalue weighted by Gasteiger charge is 2.42. The molecular formula is C8H11ClO2. The van der Waals surface area contributed by atoms with Gasteiger partial charge >= 0.3 is 5.97 Å². The maximum atomic E-state index is 10.9. The molecule has 0 saturated carbocycles. The van der Waals surface area contributed by atoms with E-state index >= 15 is 0 Å². The molecule has 1 atom stereocenters. The molecule has 2 nitrogen and oxygen atoms in total. The number of esters is 1. The summed E-state index contributed by atoms with van der Waals surface area (Å²) in [5, 5.41) is 0.501. The van der Waals surface area contributed by atoms with Gasteiger partial charge in [-0.1, -0.05) is 18.2 Å². The molecule has 1 unspecified atom stereocenters. The molecule has 1 heterocycles. The first-order chi connectivity index (χ1) is 4.93. The van der Waals surface area contributed by atoms with Crippen molar-refractivity contribution in [2.45, 2.75) is 25.9 Å². The fourth-order valence-corrected chi connectivity index (χ4v) is 1.65. The largest absolute Gasteiger partial charge is 0.459 e. The summed E-state index contributed by atoms with van der Waals surface area (Å²) < 4.78 is 5.04. The molecule has 0 spiro atoms. The van der Waals surface area contributed by atoms with E-state index in [-0.39, 0.29) is 11.9 Å². The van der Waals surface area contributed by atoms with Gasteiger partial charge in [0.25, 0.3) is 0 Å². The van der Waals surface area contributed by atoms with E-state index in [2.05, 4.69) is 6.58 Å². The molecule has 62 valence electrons. The molecule has 0 aromatic heterocycles. The summed E-state index contributed by atoms with van der Waals surface area (Å²) in [6, 6.07) is 0. The van der Waals surface area contributed by atoms with Gasteiger partial charge in [-0.25, -0.2) is 0 Å². The lowest BCUT2D eigenvalue weighted by Gasteiger charge is -2.23. The third-order valence-electron chi connectivity index (χ3n) is 1.96. The van der Waals surface area contributed by atoms with Crippen LogP contribution in [0, 0.1) is 5.92 Å². The second kappa shape index (κ2) is 2.52. The minimum absolute atomic E-state index is 0.0448. The monoisotopic (exact) mass is 174 g/mol. The number of halogens is 1. The van der Waals surface area contributed by atoms with Crippen molar-refractivity contribution in [2.75, 3.05) is 0 Å². The van der Waals surface area contributed by atoms with Crippen LogP contribution in [0.25, 0.3) is 0 Å². The lowest BCUT2D eigenvalue weighted by atomic mass is 9.91. The van der Waals surface area contributed by atoms with Gasteiger partial charge in [0.05, 0.1) is 6.42 Å². The minimum Gasteiger partial charge on any atom is -0.459 e. The van der Waals surface area contributed by atoms with Crippen LogP contribution in [-0.2, 0) is 9.53 Å². The fraction of sp³-hybridized carbons (Fsp3) is 0.625. The highest BCUT2D eigenvalue weighted by molar-refractivity contribution is 6.29. The van der Waals surface area contributed by atoms with Crippen LogP contribution in [0.4, 0.5) is 0 Å². The van der Waals surface area contributed by atoms with Crippen molar-refractivity contribution in [2.24, 2.45) is 5.92 Å². The van der Waals surface area contributed by atoms with Crippen LogP contribution in [0.15, 0.2) is 11.6 Å². The summed E-state index contributed by atoms with van der Waals surface area (Å²) in [5.41, 5.74) is -0.476. The summed E-state index contributed by atoms with van der Waals surface area (Å²) >= 11 is 5.71. The Morgan fingerprint density at radius 3 is 2.55 bits per heavy atom. The maximum Gasteiger partial charge on any atom is 0.307 e. The first-order valence-electron chi connectivity index (χ1n) is 3.49. The molecule has 3 heteroatoms. The van der Waals surface area contributed by atoms with Crippen molar-refractivity contribution in [3.63, 3.8) is 0 Å². The number of cyclic esters (lactones) is 1. The van der Waals surface area contributed by atoms with Crippen LogP contribution in [0.2, 0.25) is 0 Å². The Balaban J connectivity index is 2.82. The van der Waals surface area contributed by atoms with Gasteiger partial charge in [-0.15, -0.1) is 0 Å². The summed E-state index contributed by atoms with van der Waals surface area (Å²) in [6.45, 7) is 7.29. The number of ether oxygens (including phenoxy) is 1. The van der Waals surface area contributed by atoms with Crippen molar-refractivity contribution >= 4 is 17.6 Å². The Bertz CT molecular complexity index is 208. The Kier molecular flexibility index (Phi) is 1.97. The van der Waals surface area contributed by atoms with E-state index in [0.29, 0.717) is 11.5 Å². The van der Waals surface area contributed by atoms with Crippen molar-refractivity contribution in [1.29, 1.82) is 0 Å². The van der Waals surface area contributed by atoms with Crippen molar-refractivity contribution < 1.29 is 9.53 Å². The second-order valence-electron chi connectivity index (χ2n) is 3.28. The Morgan fingerprint density at radius 2 is 2.36 bits per heavy atom. The molecule has 1 saturated heterocycles. The molecule has 0 aromatic carbocycles. The number of carbonyl (C=O) groups excluding carboxylic acids is 1. The summed E-state index contributed by atoms with van der Waals surface area (Å²) in [5.74, 6) is -0.238. The lowest BCUT2D eigenvalue weighted by molar-refractivity contribution is -0.146. The average Bonchev–Trinajstić information content (AvgIpc) is 2.04. The van der Waals surface area contributed by atoms with E-state index in [1.807, 2.05) is 13.8 Å². The highest BCUT2D eigenvalue weighted by atomic mass is 35.5. The van der Waals surface area contributed by atoms with Crippen molar-refractivity contribution in [3.05, 3.63) is 11.6 Å². The predicted octanol–water partition coefficient (Wildman–Crippen LogP) is 2.08. The molecule has 0 aromatic rings. The molecular weight excluding hydrogens is 164 g/mol. The summed E-state index contributed by atoms with van der Waals surface area (Å²) in [7, 11) is 0. The third-order valence-corrected chi connectivity index (χ3v) is 2.23. The van der Waals surface area contributed by atoms with E-state index < -0.39 is 5.60 Å². The van der Waals surface area contributed by atoms with Gasteiger partial charge in [0.2, 0.25) is 0 Å². The molecule has 1 aliphatic heterocycles. The van der Waals surface area contributed by atoms with Crippen LogP contribution in [0.1, 0.15) is 20.3 Å². The van der Waals surface area contributed by atoms with Crippen LogP contribution >= 0.6 is 11.6 Å². The van der Waals surface area contributed by atoms with Crippen LogP contribution in [-0.4, -0.2) is 11.6 Å². The molecule has 0 radical (unpaired) electrons. The van der Waals surface area contributed by atoms with Crippen LogP contribution in [0.3, 0.4) is 0 Å². The standard InChI is InChI=1S/C8H11ClO2/c1-5(9)6-4-7(10)11-8(6,2)3/h6H,1,4H2,2-3H3. The fourth-order valence-electron chi connectivity index (χ4n) is 1.31. The number of hydrogen-bond donors (Lipinski definition) is 0. The molecule has 1 rings (SSSR count). The van der Waals surface area contributed by atoms with Gasteiger partial charge in [0.1, 0.15) is 5.60 Å². The van der Waals surface area contributed by atoms with E-state index in [1.165, 1.54) is 0 Å². The zero-order chi connectivity index (χ0) is 8.65. The number of carbonyl (C=O) groups is 1. The van der Waals surface area contributed by atoms with Gasteiger partial charge in [-0.2, -0.15) is 0 Å². The normalized spacial score (nSPS) is 28.3. The van der Waals surface area contributed by atoms with Crippen molar-refractivity contribution in [3.8, 4) is 0 Å².